The first-order valence-electron chi connectivity index (χ1n) is 9.17. The summed E-state index contributed by atoms with van der Waals surface area (Å²) in [5.41, 5.74) is 1.04. The van der Waals surface area contributed by atoms with Crippen molar-refractivity contribution in [3.63, 3.8) is 0 Å². The molecule has 3 aromatic rings. The second-order valence-electron chi connectivity index (χ2n) is 6.34. The highest BCUT2D eigenvalue weighted by Crippen LogP contribution is 2.36. The summed E-state index contributed by atoms with van der Waals surface area (Å²) in [5, 5.41) is 13.0. The lowest BCUT2D eigenvalue weighted by Crippen LogP contribution is -2.35. The molecule has 1 unspecified atom stereocenters. The van der Waals surface area contributed by atoms with E-state index in [1.807, 2.05) is 30.3 Å². The Morgan fingerprint density at radius 3 is 2.37 bits per heavy atom. The molecule has 0 aliphatic rings. The number of rotatable bonds is 9. The maximum Gasteiger partial charge on any atom is 0.261 e. The number of hydrogen-bond donors (Lipinski definition) is 2. The third kappa shape index (κ3) is 5.53. The maximum absolute atomic E-state index is 12.4. The SMILES string of the molecule is COc1cccc(OC)c1OCC(O)CNC(=O)c1ccc(-c2ccc(Br)cc2)s1. The molecule has 2 N–H and O–H groups in total. The molecule has 6 nitrogen and oxygen atoms in total. The summed E-state index contributed by atoms with van der Waals surface area (Å²) in [5.74, 6) is 1.18. The van der Waals surface area contributed by atoms with Crippen LogP contribution in [0.25, 0.3) is 10.4 Å². The second kappa shape index (κ2) is 10.5. The van der Waals surface area contributed by atoms with Crippen molar-refractivity contribution in [2.75, 3.05) is 27.4 Å². The molecule has 158 valence electrons. The van der Waals surface area contributed by atoms with E-state index in [9.17, 15) is 9.90 Å². The van der Waals surface area contributed by atoms with Gasteiger partial charge in [0.1, 0.15) is 12.7 Å². The molecule has 1 aromatic heterocycles. The number of methoxy groups -OCH3 is 2. The van der Waals surface area contributed by atoms with Crippen LogP contribution in [0.2, 0.25) is 0 Å². The van der Waals surface area contributed by atoms with Gasteiger partial charge in [-0.05, 0) is 42.0 Å². The smallest absolute Gasteiger partial charge is 0.261 e. The molecule has 2 aromatic carbocycles. The fraction of sp³-hybridized carbons (Fsp3) is 0.227. The van der Waals surface area contributed by atoms with E-state index in [2.05, 4.69) is 21.2 Å². The van der Waals surface area contributed by atoms with Gasteiger partial charge in [-0.3, -0.25) is 4.79 Å². The number of carbonyl (C=O) groups is 1. The number of ether oxygens (including phenoxy) is 3. The summed E-state index contributed by atoms with van der Waals surface area (Å²) >= 11 is 4.81. The number of thiophene rings is 1. The molecular weight excluding hydrogens is 470 g/mol. The van der Waals surface area contributed by atoms with Crippen molar-refractivity contribution < 1.29 is 24.1 Å². The van der Waals surface area contributed by atoms with Gasteiger partial charge in [0.05, 0.1) is 19.1 Å². The molecule has 0 aliphatic carbocycles. The van der Waals surface area contributed by atoms with Crippen molar-refractivity contribution in [1.29, 1.82) is 0 Å². The average molecular weight is 492 g/mol. The van der Waals surface area contributed by atoms with E-state index in [0.29, 0.717) is 22.1 Å². The Bertz CT molecular complexity index is 967. The van der Waals surface area contributed by atoms with E-state index in [1.165, 1.54) is 25.6 Å². The van der Waals surface area contributed by atoms with E-state index in [4.69, 9.17) is 14.2 Å². The topological polar surface area (TPSA) is 77.0 Å². The lowest BCUT2D eigenvalue weighted by atomic mass is 10.2. The van der Waals surface area contributed by atoms with Gasteiger partial charge in [-0.1, -0.05) is 34.1 Å². The lowest BCUT2D eigenvalue weighted by Gasteiger charge is -2.17. The third-order valence-electron chi connectivity index (χ3n) is 4.26. The average Bonchev–Trinajstić information content (AvgIpc) is 3.26. The molecule has 0 fully saturated rings. The van der Waals surface area contributed by atoms with Gasteiger partial charge < -0.3 is 24.6 Å². The normalized spacial score (nSPS) is 11.6. The lowest BCUT2D eigenvalue weighted by molar-refractivity contribution is 0.0836. The van der Waals surface area contributed by atoms with Crippen LogP contribution < -0.4 is 19.5 Å². The molecule has 1 heterocycles. The zero-order valence-electron chi connectivity index (χ0n) is 16.6. The summed E-state index contributed by atoms with van der Waals surface area (Å²) in [6, 6.07) is 16.9. The molecule has 3 rings (SSSR count). The van der Waals surface area contributed by atoms with Crippen LogP contribution in [0.15, 0.2) is 59.1 Å². The van der Waals surface area contributed by atoms with Crippen molar-refractivity contribution in [2.24, 2.45) is 0 Å². The summed E-state index contributed by atoms with van der Waals surface area (Å²) in [4.78, 5) is 14.0. The molecule has 0 saturated heterocycles. The predicted octanol–water partition coefficient (Wildman–Crippen LogP) is 4.36. The highest BCUT2D eigenvalue weighted by atomic mass is 79.9. The first-order valence-corrected chi connectivity index (χ1v) is 10.8. The van der Waals surface area contributed by atoms with Crippen molar-refractivity contribution in [2.45, 2.75) is 6.10 Å². The standard InChI is InChI=1S/C22H22BrNO5S/c1-27-17-4-3-5-18(28-2)21(17)29-13-16(25)12-24-22(26)20-11-10-19(30-20)14-6-8-15(23)9-7-14/h3-11,16,25H,12-13H2,1-2H3,(H,24,26). The van der Waals surface area contributed by atoms with Gasteiger partial charge in [0.15, 0.2) is 11.5 Å². The number of carbonyl (C=O) groups excluding carboxylic acids is 1. The van der Waals surface area contributed by atoms with Crippen LogP contribution in [0.3, 0.4) is 0 Å². The van der Waals surface area contributed by atoms with Crippen LogP contribution >= 0.6 is 27.3 Å². The number of halogens is 1. The van der Waals surface area contributed by atoms with Crippen LogP contribution in [0.1, 0.15) is 9.67 Å². The van der Waals surface area contributed by atoms with Gasteiger partial charge in [-0.15, -0.1) is 11.3 Å². The molecule has 0 saturated carbocycles. The second-order valence-corrected chi connectivity index (χ2v) is 8.34. The van der Waals surface area contributed by atoms with Gasteiger partial charge in [0.25, 0.3) is 5.91 Å². The fourth-order valence-corrected chi connectivity index (χ4v) is 3.92. The largest absolute Gasteiger partial charge is 0.493 e. The Morgan fingerprint density at radius 1 is 1.07 bits per heavy atom. The summed E-state index contributed by atoms with van der Waals surface area (Å²) in [6.45, 7) is 0.0351. The number of benzene rings is 2. The highest BCUT2D eigenvalue weighted by Gasteiger charge is 2.16. The first-order chi connectivity index (χ1) is 14.5. The number of aliphatic hydroxyl groups is 1. The molecular formula is C22H22BrNO5S. The van der Waals surface area contributed by atoms with Crippen molar-refractivity contribution in [3.8, 4) is 27.7 Å². The molecule has 0 bridgehead atoms. The quantitative estimate of drug-likeness (QED) is 0.464. The number of aliphatic hydroxyl groups excluding tert-OH is 1. The fourth-order valence-electron chi connectivity index (χ4n) is 2.72. The monoisotopic (exact) mass is 491 g/mol. The molecule has 8 heteroatoms. The van der Waals surface area contributed by atoms with Gasteiger partial charge >= 0.3 is 0 Å². The summed E-state index contributed by atoms with van der Waals surface area (Å²) < 4.78 is 17.2. The molecule has 1 amide bonds. The maximum atomic E-state index is 12.4. The Hall–Kier alpha value is -2.55. The third-order valence-corrected chi connectivity index (χ3v) is 5.92. The Labute approximate surface area is 187 Å². The van der Waals surface area contributed by atoms with E-state index in [1.54, 1.807) is 24.3 Å². The van der Waals surface area contributed by atoms with E-state index < -0.39 is 6.10 Å². The van der Waals surface area contributed by atoms with Crippen LogP contribution in [-0.4, -0.2) is 44.5 Å². The molecule has 0 radical (unpaired) electrons. The summed E-state index contributed by atoms with van der Waals surface area (Å²) in [7, 11) is 3.06. The molecule has 1 atom stereocenters. The highest BCUT2D eigenvalue weighted by molar-refractivity contribution is 9.10. The Kier molecular flexibility index (Phi) is 7.73. The first kappa shape index (κ1) is 22.1. The zero-order valence-corrected chi connectivity index (χ0v) is 19.0. The van der Waals surface area contributed by atoms with Crippen molar-refractivity contribution >= 4 is 33.2 Å². The minimum Gasteiger partial charge on any atom is -0.493 e. The van der Waals surface area contributed by atoms with Crippen molar-refractivity contribution in [3.05, 3.63) is 63.9 Å². The molecule has 30 heavy (non-hydrogen) atoms. The van der Waals surface area contributed by atoms with Gasteiger partial charge in [0, 0.05) is 15.9 Å². The number of nitrogens with one attached hydrogen (secondary N) is 1. The van der Waals surface area contributed by atoms with Gasteiger partial charge in [0.2, 0.25) is 5.75 Å². The van der Waals surface area contributed by atoms with Crippen LogP contribution in [0.5, 0.6) is 17.2 Å². The zero-order chi connectivity index (χ0) is 21.5. The predicted molar refractivity (Wildman–Crippen MR) is 121 cm³/mol. The number of hydrogen-bond acceptors (Lipinski definition) is 6. The van der Waals surface area contributed by atoms with Crippen LogP contribution in [-0.2, 0) is 0 Å². The van der Waals surface area contributed by atoms with E-state index in [0.717, 1.165) is 14.9 Å². The Morgan fingerprint density at radius 2 is 1.73 bits per heavy atom. The Balaban J connectivity index is 1.53. The molecule has 0 spiro atoms. The number of amides is 1. The van der Waals surface area contributed by atoms with Gasteiger partial charge in [-0.2, -0.15) is 0 Å². The minimum atomic E-state index is -0.894. The van der Waals surface area contributed by atoms with Gasteiger partial charge in [-0.25, -0.2) is 0 Å². The summed E-state index contributed by atoms with van der Waals surface area (Å²) in [6.07, 6.45) is -0.894. The van der Waals surface area contributed by atoms with Crippen LogP contribution in [0.4, 0.5) is 0 Å². The van der Waals surface area contributed by atoms with Crippen LogP contribution in [0, 0.1) is 0 Å². The van der Waals surface area contributed by atoms with Crippen molar-refractivity contribution in [1.82, 2.24) is 5.32 Å². The molecule has 0 aliphatic heterocycles. The minimum absolute atomic E-state index is 0.0222. The number of para-hydroxylation sites is 1. The van der Waals surface area contributed by atoms with E-state index >= 15 is 0 Å². The van der Waals surface area contributed by atoms with E-state index in [-0.39, 0.29) is 19.1 Å².